The lowest BCUT2D eigenvalue weighted by Crippen LogP contribution is -1.93. The minimum atomic E-state index is 0.0809. The topological polar surface area (TPSA) is 51.6 Å². The normalized spacial score (nSPS) is 10.7. The third-order valence-electron chi connectivity index (χ3n) is 1.46. The number of aryl methyl sites for hydroxylation is 1. The molecule has 6 heteroatoms. The fraction of sp³-hybridized carbons (Fsp3) is 0.143. The monoisotopic (exact) mass is 214 g/mol. The van der Waals surface area contributed by atoms with E-state index >= 15 is 0 Å². The summed E-state index contributed by atoms with van der Waals surface area (Å²) in [4.78, 5) is 15.8. The molecule has 13 heavy (non-hydrogen) atoms. The van der Waals surface area contributed by atoms with Crippen LogP contribution in [0.1, 0.15) is 5.69 Å². The summed E-state index contributed by atoms with van der Waals surface area (Å²) in [7, 11) is 0. The molecule has 0 atom stereocenters. The summed E-state index contributed by atoms with van der Waals surface area (Å²) in [5.41, 5.74) is 1.65. The first-order chi connectivity index (χ1) is 6.16. The second-order valence-corrected chi connectivity index (χ2v) is 3.16. The molecular formula is C7H4Cl2N4. The Balaban J connectivity index is 2.86. The summed E-state index contributed by atoms with van der Waals surface area (Å²) in [6.45, 7) is 1.82. The van der Waals surface area contributed by atoms with Gasteiger partial charge in [-0.3, -0.25) is 0 Å². The summed E-state index contributed by atoms with van der Waals surface area (Å²) in [5, 5.41) is 0.305. The quantitative estimate of drug-likeness (QED) is 0.498. The standard InChI is InChI=1S/C7H4Cl2N4/c1-3-2-10-4-5(8)12-7(9)13-6(4)11-3/h2H,1H3. The molecule has 0 saturated carbocycles. The van der Waals surface area contributed by atoms with E-state index in [0.29, 0.717) is 11.2 Å². The highest BCUT2D eigenvalue weighted by molar-refractivity contribution is 6.35. The number of halogens is 2. The van der Waals surface area contributed by atoms with Crippen molar-refractivity contribution in [2.24, 2.45) is 0 Å². The zero-order valence-electron chi connectivity index (χ0n) is 6.62. The lowest BCUT2D eigenvalue weighted by Gasteiger charge is -1.98. The Kier molecular flexibility index (Phi) is 2.01. The molecule has 0 aliphatic carbocycles. The van der Waals surface area contributed by atoms with Crippen molar-refractivity contribution < 1.29 is 0 Å². The number of aromatic nitrogens is 4. The average Bonchev–Trinajstić information content (AvgIpc) is 2.02. The number of hydrogen-bond donors (Lipinski definition) is 0. The van der Waals surface area contributed by atoms with Gasteiger partial charge >= 0.3 is 0 Å². The van der Waals surface area contributed by atoms with Crippen LogP contribution in [0.4, 0.5) is 0 Å². The average molecular weight is 215 g/mol. The Labute approximate surface area is 84.0 Å². The van der Waals surface area contributed by atoms with Crippen LogP contribution in [-0.2, 0) is 0 Å². The van der Waals surface area contributed by atoms with E-state index in [0.717, 1.165) is 5.69 Å². The van der Waals surface area contributed by atoms with Gasteiger partial charge in [0.2, 0.25) is 5.28 Å². The van der Waals surface area contributed by atoms with Gasteiger partial charge < -0.3 is 0 Å². The van der Waals surface area contributed by atoms with E-state index in [4.69, 9.17) is 23.2 Å². The minimum absolute atomic E-state index is 0.0809. The molecule has 0 unspecified atom stereocenters. The zero-order valence-corrected chi connectivity index (χ0v) is 8.13. The van der Waals surface area contributed by atoms with Gasteiger partial charge in [0.1, 0.15) is 5.52 Å². The summed E-state index contributed by atoms with van der Waals surface area (Å²) < 4.78 is 0. The summed E-state index contributed by atoms with van der Waals surface area (Å²) >= 11 is 11.4. The van der Waals surface area contributed by atoms with Crippen molar-refractivity contribution in [2.75, 3.05) is 0 Å². The van der Waals surface area contributed by atoms with Crippen molar-refractivity contribution in [3.05, 3.63) is 22.3 Å². The number of nitrogens with zero attached hydrogens (tertiary/aromatic N) is 4. The van der Waals surface area contributed by atoms with E-state index in [1.807, 2.05) is 6.92 Å². The van der Waals surface area contributed by atoms with Crippen LogP contribution in [0.2, 0.25) is 10.4 Å². The van der Waals surface area contributed by atoms with Crippen molar-refractivity contribution in [3.8, 4) is 0 Å². The zero-order chi connectivity index (χ0) is 9.42. The first kappa shape index (κ1) is 8.59. The first-order valence-corrected chi connectivity index (χ1v) is 4.25. The Morgan fingerprint density at radius 2 is 1.92 bits per heavy atom. The highest BCUT2D eigenvalue weighted by Crippen LogP contribution is 2.17. The molecule has 2 aromatic rings. The van der Waals surface area contributed by atoms with Gasteiger partial charge in [-0.15, -0.1) is 0 Å². The van der Waals surface area contributed by atoms with Crippen LogP contribution in [0.5, 0.6) is 0 Å². The number of rotatable bonds is 0. The molecule has 0 amide bonds. The maximum atomic E-state index is 5.78. The van der Waals surface area contributed by atoms with Crippen LogP contribution in [0.3, 0.4) is 0 Å². The summed E-state index contributed by atoms with van der Waals surface area (Å²) in [5.74, 6) is 0. The maximum absolute atomic E-state index is 5.78. The smallest absolute Gasteiger partial charge is 0.225 e. The van der Waals surface area contributed by atoms with Crippen LogP contribution in [0.15, 0.2) is 6.20 Å². The Hall–Kier alpha value is -1.00. The predicted molar refractivity (Wildman–Crippen MR) is 49.9 cm³/mol. The maximum Gasteiger partial charge on any atom is 0.225 e. The van der Waals surface area contributed by atoms with E-state index in [2.05, 4.69) is 19.9 Å². The lowest BCUT2D eigenvalue weighted by atomic mass is 10.4. The number of fused-ring (bicyclic) bond motifs is 1. The van der Waals surface area contributed by atoms with Gasteiger partial charge in [-0.1, -0.05) is 11.6 Å². The molecule has 0 spiro atoms. The van der Waals surface area contributed by atoms with Gasteiger partial charge in [0, 0.05) is 6.20 Å². The lowest BCUT2D eigenvalue weighted by molar-refractivity contribution is 1.11. The fourth-order valence-electron chi connectivity index (χ4n) is 0.934. The molecule has 0 radical (unpaired) electrons. The van der Waals surface area contributed by atoms with Crippen LogP contribution < -0.4 is 0 Å². The molecule has 0 aromatic carbocycles. The molecule has 0 fully saturated rings. The second-order valence-electron chi connectivity index (χ2n) is 2.47. The molecule has 0 aliphatic rings. The van der Waals surface area contributed by atoms with Gasteiger partial charge in [0.05, 0.1) is 5.69 Å². The largest absolute Gasteiger partial charge is 0.248 e. The molecule has 4 nitrogen and oxygen atoms in total. The Morgan fingerprint density at radius 3 is 2.69 bits per heavy atom. The number of hydrogen-bond acceptors (Lipinski definition) is 4. The third kappa shape index (κ3) is 1.55. The minimum Gasteiger partial charge on any atom is -0.248 e. The van der Waals surface area contributed by atoms with Gasteiger partial charge in [0.25, 0.3) is 0 Å². The van der Waals surface area contributed by atoms with E-state index in [9.17, 15) is 0 Å². The molecule has 0 N–H and O–H groups in total. The van der Waals surface area contributed by atoms with Crippen LogP contribution in [0.25, 0.3) is 11.2 Å². The fourth-order valence-corrected chi connectivity index (χ4v) is 1.36. The molecule has 66 valence electrons. The predicted octanol–water partition coefficient (Wildman–Crippen LogP) is 2.04. The van der Waals surface area contributed by atoms with Gasteiger partial charge in [-0.05, 0) is 18.5 Å². The van der Waals surface area contributed by atoms with Crippen molar-refractivity contribution in [1.29, 1.82) is 0 Å². The van der Waals surface area contributed by atoms with Crippen LogP contribution in [0, 0.1) is 6.92 Å². The van der Waals surface area contributed by atoms with Gasteiger partial charge in [0.15, 0.2) is 10.8 Å². The Bertz CT molecular complexity index is 466. The summed E-state index contributed by atoms with van der Waals surface area (Å²) in [6, 6.07) is 0. The van der Waals surface area contributed by atoms with E-state index < -0.39 is 0 Å². The van der Waals surface area contributed by atoms with Gasteiger partial charge in [-0.2, -0.15) is 4.98 Å². The van der Waals surface area contributed by atoms with E-state index in [-0.39, 0.29) is 10.4 Å². The van der Waals surface area contributed by atoms with Crippen molar-refractivity contribution >= 4 is 34.4 Å². The third-order valence-corrected chi connectivity index (χ3v) is 1.89. The second kappa shape index (κ2) is 3.05. The molecule has 0 saturated heterocycles. The first-order valence-electron chi connectivity index (χ1n) is 3.49. The molecule has 0 bridgehead atoms. The molecule has 2 rings (SSSR count). The molecular weight excluding hydrogens is 211 g/mol. The van der Waals surface area contributed by atoms with E-state index in [1.54, 1.807) is 6.20 Å². The SMILES string of the molecule is Cc1cnc2c(Cl)nc(Cl)nc2n1. The van der Waals surface area contributed by atoms with Crippen LogP contribution in [-0.4, -0.2) is 19.9 Å². The van der Waals surface area contributed by atoms with Crippen molar-refractivity contribution in [2.45, 2.75) is 6.92 Å². The van der Waals surface area contributed by atoms with Crippen molar-refractivity contribution in [1.82, 2.24) is 19.9 Å². The van der Waals surface area contributed by atoms with Crippen molar-refractivity contribution in [3.63, 3.8) is 0 Å². The van der Waals surface area contributed by atoms with E-state index in [1.165, 1.54) is 0 Å². The Morgan fingerprint density at radius 1 is 1.15 bits per heavy atom. The van der Waals surface area contributed by atoms with Gasteiger partial charge in [-0.25, -0.2) is 15.0 Å². The molecule has 0 aliphatic heterocycles. The van der Waals surface area contributed by atoms with Crippen LogP contribution >= 0.6 is 23.2 Å². The molecule has 2 heterocycles. The highest BCUT2D eigenvalue weighted by atomic mass is 35.5. The molecule has 2 aromatic heterocycles. The summed E-state index contributed by atoms with van der Waals surface area (Å²) in [6.07, 6.45) is 1.60. The highest BCUT2D eigenvalue weighted by Gasteiger charge is 2.06.